The monoisotopic (exact) mass is 307 g/mol. The van der Waals surface area contributed by atoms with Crippen LogP contribution < -0.4 is 11.5 Å². The number of carbonyl (C=O) groups is 1. The zero-order valence-corrected chi connectivity index (χ0v) is 11.4. The molecule has 1 aromatic rings. The molecule has 0 aromatic heterocycles. The topological polar surface area (TPSA) is 72.3 Å². The van der Waals surface area contributed by atoms with Crippen molar-refractivity contribution < 1.29 is 22.4 Å². The molecule has 0 fully saturated rings. The Morgan fingerprint density at radius 2 is 1.81 bits per heavy atom. The number of hydrogen-bond donors (Lipinski definition) is 2. The number of nitrogens with two attached hydrogens (primary N) is 2. The lowest BCUT2D eigenvalue weighted by atomic mass is 9.96. The van der Waals surface area contributed by atoms with E-state index in [0.717, 1.165) is 24.1 Å². The van der Waals surface area contributed by atoms with Crippen molar-refractivity contribution in [2.75, 3.05) is 26.0 Å². The Morgan fingerprint density at radius 1 is 1.29 bits per heavy atom. The van der Waals surface area contributed by atoms with Crippen molar-refractivity contribution in [3.63, 3.8) is 0 Å². The highest BCUT2D eigenvalue weighted by Crippen LogP contribution is 2.36. The van der Waals surface area contributed by atoms with E-state index in [1.807, 2.05) is 0 Å². The van der Waals surface area contributed by atoms with Crippen molar-refractivity contribution in [1.29, 1.82) is 0 Å². The minimum absolute atomic E-state index is 0.220. The maximum atomic E-state index is 13.2. The summed E-state index contributed by atoms with van der Waals surface area (Å²) in [6, 6.07) is 3.85. The van der Waals surface area contributed by atoms with Crippen LogP contribution in [0, 0.1) is 0 Å². The first-order valence-corrected chi connectivity index (χ1v) is 6.15. The third-order valence-corrected chi connectivity index (χ3v) is 2.93. The Labute approximate surface area is 119 Å². The van der Waals surface area contributed by atoms with Crippen molar-refractivity contribution >= 4 is 11.6 Å². The number of nitrogens with zero attached hydrogens (tertiary/aromatic N) is 1. The zero-order valence-electron chi connectivity index (χ0n) is 11.4. The van der Waals surface area contributed by atoms with Gasteiger partial charge in [0.2, 0.25) is 5.91 Å². The fourth-order valence-corrected chi connectivity index (χ4v) is 1.87. The molecular formula is C13H17F4N3O. The van der Waals surface area contributed by atoms with Gasteiger partial charge in [0.15, 0.2) is 5.92 Å². The van der Waals surface area contributed by atoms with E-state index in [0.29, 0.717) is 5.69 Å². The molecule has 1 rings (SSSR count). The minimum Gasteiger partial charge on any atom is -0.399 e. The lowest BCUT2D eigenvalue weighted by Gasteiger charge is -2.27. The number of amides is 1. The Kier molecular flexibility index (Phi) is 5.54. The van der Waals surface area contributed by atoms with Gasteiger partial charge in [-0.25, -0.2) is 4.39 Å². The normalized spacial score (nSPS) is 14.6. The number of alkyl halides is 4. The van der Waals surface area contributed by atoms with E-state index in [2.05, 4.69) is 0 Å². The van der Waals surface area contributed by atoms with Crippen molar-refractivity contribution in [3.05, 3.63) is 29.8 Å². The third-order valence-electron chi connectivity index (χ3n) is 2.93. The van der Waals surface area contributed by atoms with Crippen molar-refractivity contribution in [3.8, 4) is 0 Å². The Morgan fingerprint density at radius 3 is 2.24 bits per heavy atom. The van der Waals surface area contributed by atoms with Crippen molar-refractivity contribution in [2.45, 2.75) is 18.1 Å². The van der Waals surface area contributed by atoms with E-state index >= 15 is 0 Å². The van der Waals surface area contributed by atoms with Crippen LogP contribution in [0.15, 0.2) is 24.3 Å². The molecule has 0 aliphatic heterocycles. The molecule has 1 amide bonds. The standard InChI is InChI=1S/C13H17F4N3O/c1-20(7-10(19)6-14)12(21)11(13(15,16)17)8-2-4-9(18)5-3-8/h2-5,10-11H,6-7,18-19H2,1H3/t10-,11+/m0/s1. The van der Waals surface area contributed by atoms with Gasteiger partial charge in [-0.1, -0.05) is 12.1 Å². The summed E-state index contributed by atoms with van der Waals surface area (Å²) in [4.78, 5) is 12.8. The van der Waals surface area contributed by atoms with Gasteiger partial charge in [-0.15, -0.1) is 0 Å². The van der Waals surface area contributed by atoms with Crippen LogP contribution in [0.3, 0.4) is 0 Å². The lowest BCUT2D eigenvalue weighted by molar-refractivity contribution is -0.171. The summed E-state index contributed by atoms with van der Waals surface area (Å²) in [5, 5.41) is 0. The molecule has 0 unspecified atom stereocenters. The highest BCUT2D eigenvalue weighted by atomic mass is 19.4. The zero-order chi connectivity index (χ0) is 16.2. The molecule has 0 heterocycles. The summed E-state index contributed by atoms with van der Waals surface area (Å²) in [7, 11) is 1.16. The number of carbonyl (C=O) groups excluding carboxylic acids is 1. The molecule has 0 saturated heterocycles. The molecule has 0 spiro atoms. The second-order valence-electron chi connectivity index (χ2n) is 4.77. The van der Waals surface area contributed by atoms with Crippen LogP contribution in [0.1, 0.15) is 11.5 Å². The number of benzene rings is 1. The van der Waals surface area contributed by atoms with Crippen LogP contribution in [0.4, 0.5) is 23.2 Å². The Balaban J connectivity index is 3.03. The lowest BCUT2D eigenvalue weighted by Crippen LogP contribution is -2.44. The SMILES string of the molecule is CN(C[C@@H](N)CF)C(=O)[C@@H](c1ccc(N)cc1)C(F)(F)F. The third kappa shape index (κ3) is 4.59. The van der Waals surface area contributed by atoms with E-state index in [9.17, 15) is 22.4 Å². The van der Waals surface area contributed by atoms with Gasteiger partial charge in [0.25, 0.3) is 0 Å². The van der Waals surface area contributed by atoms with E-state index < -0.39 is 30.7 Å². The highest BCUT2D eigenvalue weighted by molar-refractivity contribution is 5.84. The number of nitrogen functional groups attached to an aromatic ring is 1. The highest BCUT2D eigenvalue weighted by Gasteiger charge is 2.47. The first-order valence-electron chi connectivity index (χ1n) is 6.15. The van der Waals surface area contributed by atoms with Gasteiger partial charge in [-0.05, 0) is 17.7 Å². The second kappa shape index (κ2) is 6.75. The summed E-state index contributed by atoms with van der Waals surface area (Å²) in [6.07, 6.45) is -4.76. The molecule has 0 saturated carbocycles. The van der Waals surface area contributed by atoms with Crippen LogP contribution in [0.5, 0.6) is 0 Å². The van der Waals surface area contributed by atoms with Gasteiger partial charge in [-0.2, -0.15) is 13.2 Å². The quantitative estimate of drug-likeness (QED) is 0.642. The van der Waals surface area contributed by atoms with Gasteiger partial charge < -0.3 is 16.4 Å². The average Bonchev–Trinajstić information content (AvgIpc) is 2.39. The molecule has 4 nitrogen and oxygen atoms in total. The van der Waals surface area contributed by atoms with Crippen molar-refractivity contribution in [1.82, 2.24) is 4.90 Å². The molecule has 0 bridgehead atoms. The molecule has 0 radical (unpaired) electrons. The fraction of sp³-hybridized carbons (Fsp3) is 0.462. The molecule has 1 aromatic carbocycles. The molecule has 4 N–H and O–H groups in total. The largest absolute Gasteiger partial charge is 0.404 e. The predicted octanol–water partition coefficient (Wildman–Crippen LogP) is 1.67. The van der Waals surface area contributed by atoms with Gasteiger partial charge in [0.1, 0.15) is 6.67 Å². The maximum absolute atomic E-state index is 13.2. The van der Waals surface area contributed by atoms with Crippen molar-refractivity contribution in [2.24, 2.45) is 5.73 Å². The van der Waals surface area contributed by atoms with Gasteiger partial charge >= 0.3 is 6.18 Å². The first kappa shape index (κ1) is 17.2. The summed E-state index contributed by atoms with van der Waals surface area (Å²) < 4.78 is 51.8. The van der Waals surface area contributed by atoms with Crippen LogP contribution in [-0.2, 0) is 4.79 Å². The molecule has 8 heteroatoms. The maximum Gasteiger partial charge on any atom is 0.404 e. The predicted molar refractivity (Wildman–Crippen MR) is 71.2 cm³/mol. The van der Waals surface area contributed by atoms with Gasteiger partial charge in [0.05, 0.1) is 6.04 Å². The number of likely N-dealkylation sites (N-methyl/N-ethyl adjacent to an activating group) is 1. The van der Waals surface area contributed by atoms with Gasteiger partial charge in [0, 0.05) is 19.3 Å². The fourth-order valence-electron chi connectivity index (χ4n) is 1.87. The van der Waals surface area contributed by atoms with Crippen LogP contribution >= 0.6 is 0 Å². The molecule has 21 heavy (non-hydrogen) atoms. The van der Waals surface area contributed by atoms with Crippen LogP contribution in [0.25, 0.3) is 0 Å². The first-order chi connectivity index (χ1) is 9.66. The van der Waals surface area contributed by atoms with Crippen LogP contribution in [-0.4, -0.2) is 43.3 Å². The number of halogens is 4. The number of hydrogen-bond acceptors (Lipinski definition) is 3. The molecule has 118 valence electrons. The Bertz CT molecular complexity index is 475. The molecule has 2 atom stereocenters. The molecule has 0 aliphatic rings. The summed E-state index contributed by atoms with van der Waals surface area (Å²) in [6.45, 7) is -1.22. The van der Waals surface area contributed by atoms with Crippen LogP contribution in [0.2, 0.25) is 0 Å². The van der Waals surface area contributed by atoms with E-state index in [4.69, 9.17) is 11.5 Å². The Hall–Kier alpha value is -1.83. The summed E-state index contributed by atoms with van der Waals surface area (Å²) in [5.74, 6) is -3.51. The van der Waals surface area contributed by atoms with Gasteiger partial charge in [-0.3, -0.25) is 4.79 Å². The minimum atomic E-state index is -4.76. The number of rotatable bonds is 5. The summed E-state index contributed by atoms with van der Waals surface area (Å²) in [5.41, 5.74) is 10.8. The molecular weight excluding hydrogens is 290 g/mol. The smallest absolute Gasteiger partial charge is 0.399 e. The van der Waals surface area contributed by atoms with E-state index in [1.54, 1.807) is 0 Å². The summed E-state index contributed by atoms with van der Waals surface area (Å²) >= 11 is 0. The van der Waals surface area contributed by atoms with E-state index in [1.165, 1.54) is 12.1 Å². The average molecular weight is 307 g/mol. The number of anilines is 1. The van der Waals surface area contributed by atoms with E-state index in [-0.39, 0.29) is 12.1 Å². The molecule has 0 aliphatic carbocycles. The second-order valence-corrected chi connectivity index (χ2v) is 4.77.